The van der Waals surface area contributed by atoms with Crippen molar-refractivity contribution < 1.29 is 53.0 Å². The fourth-order valence-electron chi connectivity index (χ4n) is 10.2. The first kappa shape index (κ1) is 68.1. The van der Waals surface area contributed by atoms with E-state index in [1.807, 2.05) is 0 Å². The lowest BCUT2D eigenvalue weighted by Crippen LogP contribution is -2.53. The Morgan fingerprint density at radius 3 is 1.50 bits per heavy atom. The van der Waals surface area contributed by atoms with Crippen LogP contribution < -0.4 is 10.6 Å². The molecule has 0 bridgehead atoms. The molecule has 0 radical (unpaired) electrons. The summed E-state index contributed by atoms with van der Waals surface area (Å²) in [4.78, 5) is 35.5. The van der Waals surface area contributed by atoms with Gasteiger partial charge in [0.25, 0.3) is 0 Å². The number of unbranched alkanes of at least 4 members (excludes halogenated alkanes) is 32. The van der Waals surface area contributed by atoms with Crippen LogP contribution >= 0.6 is 0 Å². The Balaban J connectivity index is 1.47. The van der Waals surface area contributed by atoms with Gasteiger partial charge in [-0.25, -0.2) is 4.79 Å². The molecule has 1 aliphatic carbocycles. The zero-order chi connectivity index (χ0) is 53.2. The summed E-state index contributed by atoms with van der Waals surface area (Å²) in [5.41, 5.74) is 0. The van der Waals surface area contributed by atoms with E-state index in [4.69, 9.17) is 33.2 Å². The first-order valence-corrected chi connectivity index (χ1v) is 30.9. The predicted molar refractivity (Wildman–Crippen MR) is 296 cm³/mol. The number of hydrogen-bond donors (Lipinski definition) is 4. The maximum atomic E-state index is 12.6. The number of nitrogens with zero attached hydrogens (tertiary/aromatic N) is 1. The molecule has 15 nitrogen and oxygen atoms in total. The van der Waals surface area contributed by atoms with Gasteiger partial charge >= 0.3 is 6.09 Å². The maximum Gasteiger partial charge on any atom is 0.407 e. The van der Waals surface area contributed by atoms with Gasteiger partial charge in [-0.1, -0.05) is 218 Å². The van der Waals surface area contributed by atoms with Crippen molar-refractivity contribution in [2.24, 2.45) is 17.0 Å². The van der Waals surface area contributed by atoms with E-state index in [1.165, 1.54) is 186 Å². The van der Waals surface area contributed by atoms with Crippen molar-refractivity contribution in [3.05, 3.63) is 4.91 Å². The van der Waals surface area contributed by atoms with E-state index < -0.39 is 36.6 Å². The molecular formula is C59H113N3O12. The normalized spacial score (nSPS) is 19.6. The third-order valence-corrected chi connectivity index (χ3v) is 14.9. The van der Waals surface area contributed by atoms with Crippen molar-refractivity contribution in [2.45, 2.75) is 276 Å². The molecule has 2 rings (SSSR count). The van der Waals surface area contributed by atoms with E-state index in [1.54, 1.807) is 0 Å². The lowest BCUT2D eigenvalue weighted by atomic mass is 9.94. The van der Waals surface area contributed by atoms with Crippen LogP contribution in [0.15, 0.2) is 5.18 Å². The molecule has 15 heteroatoms. The molecule has 0 spiro atoms. The molecule has 1 saturated heterocycles. The Labute approximate surface area is 450 Å². The lowest BCUT2D eigenvalue weighted by molar-refractivity contribution is -0.312. The summed E-state index contributed by atoms with van der Waals surface area (Å²) in [5, 5.41) is 28.9. The number of alkyl carbamates (subject to hydrolysis) is 1. The topological polar surface area (TPSA) is 193 Å². The molecule has 1 heterocycles. The molecule has 2 fully saturated rings. The second kappa shape index (κ2) is 50.5. The number of carbonyl (C=O) groups is 2. The molecule has 7 atom stereocenters. The third-order valence-electron chi connectivity index (χ3n) is 14.9. The highest BCUT2D eigenvalue weighted by Gasteiger charge is 2.61. The summed E-state index contributed by atoms with van der Waals surface area (Å²) < 4.78 is 40.2. The molecule has 74 heavy (non-hydrogen) atoms. The third kappa shape index (κ3) is 36.9. The lowest BCUT2D eigenvalue weighted by Gasteiger charge is -2.42. The summed E-state index contributed by atoms with van der Waals surface area (Å²) in [6, 6.07) is 0. The van der Waals surface area contributed by atoms with Crippen LogP contribution in [0.2, 0.25) is 0 Å². The van der Waals surface area contributed by atoms with Crippen LogP contribution in [0.1, 0.15) is 245 Å². The van der Waals surface area contributed by atoms with Crippen molar-refractivity contribution in [3.8, 4) is 0 Å². The number of ether oxygens (including phenoxy) is 7. The van der Waals surface area contributed by atoms with Crippen molar-refractivity contribution in [3.63, 3.8) is 0 Å². The number of rotatable bonds is 57. The minimum atomic E-state index is -1.05. The molecule has 2 amide bonds. The summed E-state index contributed by atoms with van der Waals surface area (Å²) in [5.74, 6) is -0.933. The van der Waals surface area contributed by atoms with Gasteiger partial charge in [-0.2, -0.15) is 4.91 Å². The van der Waals surface area contributed by atoms with E-state index in [9.17, 15) is 24.7 Å². The van der Waals surface area contributed by atoms with Gasteiger partial charge in [0.05, 0.1) is 70.4 Å². The maximum absolute atomic E-state index is 12.6. The number of fused-ring (bicyclic) bond motifs is 1. The highest BCUT2D eigenvalue weighted by atomic mass is 16.7. The zero-order valence-corrected chi connectivity index (χ0v) is 47.4. The SMILES string of the molecule is CCCCCCCCCCCCCCCCCCOC[C@@H](COC(=O)NCCCCCC(=O)NCCOCCOCCO[C@H]1OC2C(CN=O)C(O)C(O)C21)OCCCCCCCCCCCCCCCCCC. The molecule has 0 aromatic heterocycles. The minimum Gasteiger partial charge on any atom is -0.447 e. The first-order chi connectivity index (χ1) is 36.4. The summed E-state index contributed by atoms with van der Waals surface area (Å²) in [6.07, 6.45) is 41.6. The number of aliphatic hydroxyl groups excluding tert-OH is 2. The Morgan fingerprint density at radius 1 is 0.500 bits per heavy atom. The Kier molecular flexibility index (Phi) is 46.5. The van der Waals surface area contributed by atoms with E-state index in [2.05, 4.69) is 29.7 Å². The quantitative estimate of drug-likeness (QED) is 0.0333. The van der Waals surface area contributed by atoms with Gasteiger partial charge in [0, 0.05) is 38.6 Å². The molecule has 1 aliphatic heterocycles. The van der Waals surface area contributed by atoms with Crippen LogP contribution in [0.4, 0.5) is 4.79 Å². The van der Waals surface area contributed by atoms with Crippen molar-refractivity contribution in [1.82, 2.24) is 10.6 Å². The average Bonchev–Trinajstić information content (AvgIpc) is 3.57. The monoisotopic (exact) mass is 1060 g/mol. The van der Waals surface area contributed by atoms with Crippen LogP contribution in [-0.2, 0) is 38.0 Å². The summed E-state index contributed by atoms with van der Waals surface area (Å²) in [6.45, 7) is 8.91. The van der Waals surface area contributed by atoms with Crippen LogP contribution in [0.25, 0.3) is 0 Å². The second-order valence-electron chi connectivity index (χ2n) is 21.5. The molecule has 5 unspecified atom stereocenters. The van der Waals surface area contributed by atoms with Crippen molar-refractivity contribution in [1.29, 1.82) is 0 Å². The largest absolute Gasteiger partial charge is 0.447 e. The zero-order valence-electron chi connectivity index (χ0n) is 47.4. The predicted octanol–water partition coefficient (Wildman–Crippen LogP) is 12.8. The summed E-state index contributed by atoms with van der Waals surface area (Å²) >= 11 is 0. The van der Waals surface area contributed by atoms with Gasteiger partial charge in [0.1, 0.15) is 12.7 Å². The number of nitroso groups, excluding NO2 is 1. The number of nitrogens with one attached hydrogen (secondary N) is 2. The Bertz CT molecular complexity index is 1270. The molecule has 0 aromatic carbocycles. The van der Waals surface area contributed by atoms with Crippen LogP contribution in [0.3, 0.4) is 0 Å². The second-order valence-corrected chi connectivity index (χ2v) is 21.5. The van der Waals surface area contributed by atoms with E-state index in [0.29, 0.717) is 72.2 Å². The van der Waals surface area contributed by atoms with Gasteiger partial charge in [-0.3, -0.25) is 4.79 Å². The molecular weight excluding hydrogens is 943 g/mol. The fourth-order valence-corrected chi connectivity index (χ4v) is 10.2. The molecule has 1 saturated carbocycles. The van der Waals surface area contributed by atoms with Gasteiger partial charge in [0.2, 0.25) is 5.91 Å². The standard InChI is InChI=1S/C59H113N3O12/c1-3-5-7-9-11-13-15-17-19-21-23-25-27-29-31-36-41-70-49-51(71-42-37-32-30-28-26-24-22-20-18-16-14-12-10-8-6-4-2)50-73-59(66)61-39-35-33-34-38-53(63)60-40-43-68-44-45-69-46-47-72-58-54-56(65)55(64)52(48-62-67)57(54)74-58/h51-52,54-58,64-65H,3-50H2,1-2H3,(H,60,63)(H,61,66)/t51-,52?,54?,55?,56?,57?,58-/m0/s1. The Hall–Kier alpha value is -1.98. The highest BCUT2D eigenvalue weighted by molar-refractivity contribution is 5.75. The molecule has 436 valence electrons. The van der Waals surface area contributed by atoms with Crippen LogP contribution in [-0.4, -0.2) is 132 Å². The van der Waals surface area contributed by atoms with Gasteiger partial charge in [-0.15, -0.1) is 0 Å². The first-order valence-electron chi connectivity index (χ1n) is 30.9. The Morgan fingerprint density at radius 2 is 0.973 bits per heavy atom. The molecule has 0 aromatic rings. The number of carbonyl (C=O) groups excluding carboxylic acids is 2. The van der Waals surface area contributed by atoms with E-state index in [-0.39, 0.29) is 37.7 Å². The summed E-state index contributed by atoms with van der Waals surface area (Å²) in [7, 11) is 0. The smallest absolute Gasteiger partial charge is 0.407 e. The average molecular weight is 1060 g/mol. The fraction of sp³-hybridized carbons (Fsp3) is 0.966. The van der Waals surface area contributed by atoms with Gasteiger partial charge in [-0.05, 0) is 25.7 Å². The number of hydrogen-bond acceptors (Lipinski definition) is 13. The molecule has 4 N–H and O–H groups in total. The van der Waals surface area contributed by atoms with Crippen molar-refractivity contribution in [2.75, 3.05) is 79.1 Å². The van der Waals surface area contributed by atoms with Crippen LogP contribution in [0.5, 0.6) is 0 Å². The highest BCUT2D eigenvalue weighted by Crippen LogP contribution is 2.46. The van der Waals surface area contributed by atoms with Gasteiger partial charge in [0.15, 0.2) is 6.29 Å². The van der Waals surface area contributed by atoms with E-state index in [0.717, 1.165) is 32.1 Å². The number of amides is 2. The van der Waals surface area contributed by atoms with Crippen LogP contribution in [0, 0.1) is 16.7 Å². The van der Waals surface area contributed by atoms with E-state index >= 15 is 0 Å². The number of aliphatic hydroxyl groups is 2. The minimum absolute atomic E-state index is 0.0360. The van der Waals surface area contributed by atoms with Gasteiger partial charge < -0.3 is 54.0 Å². The van der Waals surface area contributed by atoms with Crippen molar-refractivity contribution >= 4 is 12.0 Å². The molecule has 2 aliphatic rings.